The molecular weight excluding hydrogens is 586 g/mol. The van der Waals surface area contributed by atoms with E-state index in [1.165, 1.54) is 30.3 Å². The number of amides is 1. The third-order valence-electron chi connectivity index (χ3n) is 8.37. The molecule has 2 N–H and O–H groups in total. The van der Waals surface area contributed by atoms with Crippen molar-refractivity contribution in [1.29, 1.82) is 5.26 Å². The molecule has 14 heteroatoms. The number of carbonyl (C=O) groups is 1. The summed E-state index contributed by atoms with van der Waals surface area (Å²) in [5.74, 6) is -0.410. The second-order valence-corrected chi connectivity index (χ2v) is 11.4. The standard InChI is InChI=1S/C31H34F2N8O4/c1-19(42)30(43)41-7-6-28(25(33)15-41)45-27-5-2-20(12-21(27)14-34)29-35-18-36-31(38-29)37-26-4-3-22(13-24(26)32)39-8-10-40(11-9-39)23-16-44-17-23/h2-5,12-13,18-19,23,25,28,42H,6-11,15-17H2,1H3,(H,35,36,37,38)/t19-,25+,28-/m0/s1. The van der Waals surface area contributed by atoms with Crippen LogP contribution < -0.4 is 15.0 Å². The lowest BCUT2D eigenvalue weighted by Crippen LogP contribution is -2.56. The Morgan fingerprint density at radius 2 is 1.96 bits per heavy atom. The molecule has 3 aliphatic rings. The SMILES string of the molecule is C[C@H](O)C(=O)N1CC[C@H](Oc2ccc(-c3ncnc(Nc4ccc(N5CCN(C6COC6)CC5)cc4F)n3)cc2C#N)[C@H](F)C1. The summed E-state index contributed by atoms with van der Waals surface area (Å²) in [5.41, 5.74) is 1.66. The second kappa shape index (κ2) is 13.3. The zero-order valence-electron chi connectivity index (χ0n) is 24.8. The van der Waals surface area contributed by atoms with E-state index in [0.29, 0.717) is 11.6 Å². The first-order chi connectivity index (χ1) is 21.8. The molecule has 0 saturated carbocycles. The first-order valence-corrected chi connectivity index (χ1v) is 14.9. The Hall–Kier alpha value is -4.45. The normalized spacial score (nSPS) is 21.5. The van der Waals surface area contributed by atoms with Gasteiger partial charge < -0.3 is 29.7 Å². The molecule has 12 nitrogen and oxygen atoms in total. The van der Waals surface area contributed by atoms with E-state index in [2.05, 4.69) is 36.1 Å². The van der Waals surface area contributed by atoms with Gasteiger partial charge in [-0.2, -0.15) is 10.2 Å². The summed E-state index contributed by atoms with van der Waals surface area (Å²) >= 11 is 0. The minimum atomic E-state index is -1.49. The van der Waals surface area contributed by atoms with Crippen LogP contribution in [0.15, 0.2) is 42.7 Å². The number of piperidine rings is 1. The molecule has 4 heterocycles. The number of hydrogen-bond acceptors (Lipinski definition) is 11. The highest BCUT2D eigenvalue weighted by atomic mass is 19.1. The number of nitrogens with zero attached hydrogens (tertiary/aromatic N) is 7. The monoisotopic (exact) mass is 620 g/mol. The molecule has 2 aromatic carbocycles. The minimum absolute atomic E-state index is 0.126. The molecule has 3 aromatic rings. The van der Waals surface area contributed by atoms with Gasteiger partial charge in [-0.1, -0.05) is 0 Å². The number of alkyl halides is 1. The molecule has 6 rings (SSSR count). The zero-order chi connectivity index (χ0) is 31.5. The minimum Gasteiger partial charge on any atom is -0.486 e. The number of ether oxygens (including phenoxy) is 2. The fourth-order valence-corrected chi connectivity index (χ4v) is 5.70. The highest BCUT2D eigenvalue weighted by molar-refractivity contribution is 5.80. The molecule has 3 fully saturated rings. The van der Waals surface area contributed by atoms with Gasteiger partial charge in [-0.25, -0.2) is 18.7 Å². The van der Waals surface area contributed by atoms with Crippen LogP contribution in [0.4, 0.5) is 26.1 Å². The number of nitrogens with one attached hydrogen (secondary N) is 1. The number of likely N-dealkylation sites (tertiary alicyclic amines) is 1. The lowest BCUT2D eigenvalue weighted by molar-refractivity contribution is -0.143. The maximum Gasteiger partial charge on any atom is 0.251 e. The topological polar surface area (TPSA) is 140 Å². The number of aromatic nitrogens is 3. The first kappa shape index (κ1) is 30.6. The predicted molar refractivity (Wildman–Crippen MR) is 160 cm³/mol. The first-order valence-electron chi connectivity index (χ1n) is 14.9. The van der Waals surface area contributed by atoms with E-state index < -0.39 is 30.1 Å². The molecule has 0 radical (unpaired) electrons. The maximum absolute atomic E-state index is 15.1. The van der Waals surface area contributed by atoms with Crippen molar-refractivity contribution in [2.45, 2.75) is 37.8 Å². The Kier molecular flexibility index (Phi) is 9.02. The summed E-state index contributed by atoms with van der Waals surface area (Å²) in [4.78, 5) is 30.6. The van der Waals surface area contributed by atoms with Crippen LogP contribution in [0.1, 0.15) is 18.9 Å². The van der Waals surface area contributed by atoms with E-state index >= 15 is 4.39 Å². The van der Waals surface area contributed by atoms with Crippen LogP contribution in [0.5, 0.6) is 5.75 Å². The number of aliphatic hydroxyl groups is 1. The smallest absolute Gasteiger partial charge is 0.251 e. The summed E-state index contributed by atoms with van der Waals surface area (Å²) in [6.07, 6.45) is -2.06. The van der Waals surface area contributed by atoms with Crippen molar-refractivity contribution >= 4 is 23.2 Å². The largest absolute Gasteiger partial charge is 0.486 e. The van der Waals surface area contributed by atoms with Crippen molar-refractivity contribution in [2.75, 3.05) is 62.7 Å². The molecule has 1 aromatic heterocycles. The predicted octanol–water partition coefficient (Wildman–Crippen LogP) is 2.51. The van der Waals surface area contributed by atoms with Crippen molar-refractivity contribution in [3.8, 4) is 23.2 Å². The van der Waals surface area contributed by atoms with Crippen LogP contribution in [0.25, 0.3) is 11.4 Å². The summed E-state index contributed by atoms with van der Waals surface area (Å²) in [7, 11) is 0. The third kappa shape index (κ3) is 6.80. The zero-order valence-corrected chi connectivity index (χ0v) is 24.8. The van der Waals surface area contributed by atoms with E-state index in [4.69, 9.17) is 9.47 Å². The fourth-order valence-electron chi connectivity index (χ4n) is 5.70. The van der Waals surface area contributed by atoms with Crippen molar-refractivity contribution in [1.82, 2.24) is 24.8 Å². The molecule has 0 spiro atoms. The maximum atomic E-state index is 15.1. The Bertz CT molecular complexity index is 1580. The molecule has 3 aliphatic heterocycles. The van der Waals surface area contributed by atoms with E-state index in [1.807, 2.05) is 6.07 Å². The van der Waals surface area contributed by atoms with Crippen LogP contribution in [0, 0.1) is 17.1 Å². The molecule has 1 amide bonds. The molecule has 0 unspecified atom stereocenters. The third-order valence-corrected chi connectivity index (χ3v) is 8.37. The van der Waals surface area contributed by atoms with Gasteiger partial charge in [0.2, 0.25) is 5.95 Å². The van der Waals surface area contributed by atoms with Crippen LogP contribution in [-0.2, 0) is 9.53 Å². The Morgan fingerprint density at radius 1 is 1.16 bits per heavy atom. The van der Waals surface area contributed by atoms with Crippen molar-refractivity contribution in [3.63, 3.8) is 0 Å². The molecule has 236 valence electrons. The van der Waals surface area contributed by atoms with Gasteiger partial charge in [0, 0.05) is 50.4 Å². The van der Waals surface area contributed by atoms with E-state index in [-0.39, 0.29) is 48.3 Å². The van der Waals surface area contributed by atoms with Gasteiger partial charge in [-0.3, -0.25) is 9.69 Å². The van der Waals surface area contributed by atoms with Crippen LogP contribution in [0.3, 0.4) is 0 Å². The van der Waals surface area contributed by atoms with Gasteiger partial charge >= 0.3 is 0 Å². The van der Waals surface area contributed by atoms with Crippen molar-refractivity contribution in [3.05, 3.63) is 54.1 Å². The summed E-state index contributed by atoms with van der Waals surface area (Å²) in [5, 5.41) is 22.2. The van der Waals surface area contributed by atoms with Gasteiger partial charge in [0.15, 0.2) is 12.0 Å². The van der Waals surface area contributed by atoms with Crippen LogP contribution in [0.2, 0.25) is 0 Å². The highest BCUT2D eigenvalue weighted by Crippen LogP contribution is 2.30. The quantitative estimate of drug-likeness (QED) is 0.384. The number of anilines is 3. The lowest BCUT2D eigenvalue weighted by atomic mass is 10.0. The lowest BCUT2D eigenvalue weighted by Gasteiger charge is -2.43. The van der Waals surface area contributed by atoms with Gasteiger partial charge in [0.05, 0.1) is 37.1 Å². The summed E-state index contributed by atoms with van der Waals surface area (Å²) < 4.78 is 41.1. The van der Waals surface area contributed by atoms with Crippen molar-refractivity contribution in [2.24, 2.45) is 0 Å². The Balaban J connectivity index is 1.10. The fraction of sp³-hybridized carbons (Fsp3) is 0.452. The number of nitriles is 1. The average molecular weight is 621 g/mol. The number of piperazine rings is 1. The van der Waals surface area contributed by atoms with Gasteiger partial charge in [-0.05, 0) is 43.3 Å². The molecular formula is C31H34F2N8O4. The highest BCUT2D eigenvalue weighted by Gasteiger charge is 2.34. The molecule has 3 atom stereocenters. The van der Waals surface area contributed by atoms with Crippen molar-refractivity contribution < 1.29 is 28.2 Å². The summed E-state index contributed by atoms with van der Waals surface area (Å²) in [6.45, 7) is 6.38. The van der Waals surface area contributed by atoms with E-state index in [1.54, 1.807) is 18.2 Å². The van der Waals surface area contributed by atoms with E-state index in [0.717, 1.165) is 45.1 Å². The van der Waals surface area contributed by atoms with Crippen LogP contribution in [-0.4, -0.2) is 113 Å². The molecule has 45 heavy (non-hydrogen) atoms. The number of hydrogen-bond donors (Lipinski definition) is 2. The molecule has 0 bridgehead atoms. The van der Waals surface area contributed by atoms with Gasteiger partial charge in [0.25, 0.3) is 5.91 Å². The number of carbonyl (C=O) groups excluding carboxylic acids is 1. The summed E-state index contributed by atoms with van der Waals surface area (Å²) in [6, 6.07) is 12.3. The van der Waals surface area contributed by atoms with Crippen LogP contribution >= 0.6 is 0 Å². The van der Waals surface area contributed by atoms with Gasteiger partial charge in [-0.15, -0.1) is 0 Å². The number of aliphatic hydroxyl groups excluding tert-OH is 1. The Morgan fingerprint density at radius 3 is 2.62 bits per heavy atom. The van der Waals surface area contributed by atoms with E-state index in [9.17, 15) is 19.6 Å². The number of halogens is 2. The molecule has 0 aliphatic carbocycles. The number of benzene rings is 2. The van der Waals surface area contributed by atoms with Gasteiger partial charge in [0.1, 0.15) is 36.2 Å². The Labute approximate surface area is 259 Å². The number of rotatable bonds is 8. The second-order valence-electron chi connectivity index (χ2n) is 11.4. The molecule has 3 saturated heterocycles. The average Bonchev–Trinajstić information content (AvgIpc) is 3.02.